The average Bonchev–Trinajstić information content (AvgIpc) is 3.45. The lowest BCUT2D eigenvalue weighted by atomic mass is 10.0. The van der Waals surface area contributed by atoms with Crippen LogP contribution < -0.4 is 16.4 Å². The monoisotopic (exact) mass is 446 g/mol. The first kappa shape index (κ1) is 26.9. The third-order valence-corrected chi connectivity index (χ3v) is 5.97. The molecule has 4 N–H and O–H groups in total. The molecule has 172 valence electrons. The summed E-state index contributed by atoms with van der Waals surface area (Å²) >= 11 is 1.31. The lowest BCUT2D eigenvalue weighted by molar-refractivity contribution is 0.0998. The molecular weight excluding hydrogens is 408 g/mol. The topological polar surface area (TPSA) is 94.5 Å². The number of hydrogen-bond acceptors (Lipinski definition) is 6. The van der Waals surface area contributed by atoms with E-state index in [1.54, 1.807) is 7.11 Å². The molecule has 2 unspecified atom stereocenters. The number of amides is 1. The van der Waals surface area contributed by atoms with Gasteiger partial charge in [-0.1, -0.05) is 33.6 Å². The van der Waals surface area contributed by atoms with E-state index in [2.05, 4.69) is 28.2 Å². The van der Waals surface area contributed by atoms with E-state index >= 15 is 0 Å². The van der Waals surface area contributed by atoms with E-state index in [0.29, 0.717) is 17.7 Å². The second kappa shape index (κ2) is 14.8. The van der Waals surface area contributed by atoms with Gasteiger partial charge >= 0.3 is 0 Å². The average molecular weight is 447 g/mol. The number of benzene rings is 1. The van der Waals surface area contributed by atoms with E-state index in [9.17, 15) is 4.79 Å². The number of anilines is 1. The molecule has 0 radical (unpaired) electrons. The molecule has 1 aliphatic rings. The molecule has 31 heavy (non-hydrogen) atoms. The molecule has 1 fully saturated rings. The van der Waals surface area contributed by atoms with E-state index in [4.69, 9.17) is 22.6 Å². The van der Waals surface area contributed by atoms with E-state index < -0.39 is 5.91 Å². The van der Waals surface area contributed by atoms with Crippen LogP contribution >= 0.6 is 11.5 Å². The van der Waals surface area contributed by atoms with Crippen LogP contribution in [0.15, 0.2) is 18.2 Å². The Morgan fingerprint density at radius 2 is 2.13 bits per heavy atom. The summed E-state index contributed by atoms with van der Waals surface area (Å²) in [6, 6.07) is 6.01. The Morgan fingerprint density at radius 1 is 1.39 bits per heavy atom. The van der Waals surface area contributed by atoms with Gasteiger partial charge in [0.1, 0.15) is 5.69 Å². The van der Waals surface area contributed by atoms with Crippen LogP contribution in [0.2, 0.25) is 0 Å². The normalized spacial score (nSPS) is 16.0. The molecule has 7 heteroatoms. The van der Waals surface area contributed by atoms with Crippen molar-refractivity contribution in [1.82, 2.24) is 4.37 Å². The number of nitrogens with zero attached hydrogens (tertiary/aromatic N) is 2. The van der Waals surface area contributed by atoms with Gasteiger partial charge < -0.3 is 21.1 Å². The van der Waals surface area contributed by atoms with Crippen LogP contribution in [0.5, 0.6) is 0 Å². The fourth-order valence-corrected chi connectivity index (χ4v) is 4.13. The Bertz CT molecular complexity index is 831. The highest BCUT2D eigenvalue weighted by molar-refractivity contribution is 7.13. The highest BCUT2D eigenvalue weighted by Gasteiger charge is 2.23. The van der Waals surface area contributed by atoms with Gasteiger partial charge in [0.25, 0.3) is 5.91 Å². The van der Waals surface area contributed by atoms with Crippen LogP contribution in [0.4, 0.5) is 5.69 Å². The smallest absolute Gasteiger partial charge is 0.269 e. The minimum absolute atomic E-state index is 0.304. The van der Waals surface area contributed by atoms with Gasteiger partial charge in [-0.2, -0.15) is 4.37 Å². The van der Waals surface area contributed by atoms with Gasteiger partial charge in [-0.05, 0) is 55.5 Å². The molecule has 2 atom stereocenters. The number of terminal acetylenes is 1. The maximum Gasteiger partial charge on any atom is 0.269 e. The maximum absolute atomic E-state index is 11.2. The van der Waals surface area contributed by atoms with Crippen molar-refractivity contribution in [2.24, 2.45) is 17.4 Å². The molecular formula is C24H38N4O2S. The predicted molar refractivity (Wildman–Crippen MR) is 133 cm³/mol. The Labute approximate surface area is 191 Å². The van der Waals surface area contributed by atoms with Crippen LogP contribution in [0.1, 0.15) is 63.4 Å². The Hall–Kier alpha value is -2.14. The molecule has 3 rings (SSSR count). The molecule has 1 aromatic heterocycles. The molecule has 1 aromatic carbocycles. The summed E-state index contributed by atoms with van der Waals surface area (Å²) in [5.74, 6) is 2.68. The fraction of sp³-hybridized carbons (Fsp3) is 0.583. The van der Waals surface area contributed by atoms with Gasteiger partial charge in [-0.3, -0.25) is 4.79 Å². The standard InChI is InChI=1S/C13H15N3O2S.C9H17N.C2H6/c1-18-9-4-5-16(7-9)8-2-3-10-11(6-8)19-15-12(10)13(14)17;1-3-9(2)7-5-4-6-8-10;1-2/h2-3,6,9H,4-5,7H2,1H3,(H2,14,17);1,9H,4-8,10H2,2H3;1-2H3. The predicted octanol–water partition coefficient (Wildman–Crippen LogP) is 4.42. The molecule has 1 aliphatic heterocycles. The summed E-state index contributed by atoms with van der Waals surface area (Å²) < 4.78 is 10.5. The summed E-state index contributed by atoms with van der Waals surface area (Å²) in [4.78, 5) is 13.5. The zero-order valence-corrected chi connectivity index (χ0v) is 20.2. The quantitative estimate of drug-likeness (QED) is 0.462. The highest BCUT2D eigenvalue weighted by atomic mass is 32.1. The molecule has 0 aliphatic carbocycles. The number of rotatable bonds is 8. The number of unbranched alkanes of at least 4 members (excludes halogenated alkanes) is 2. The first-order valence-corrected chi connectivity index (χ1v) is 11.9. The zero-order valence-electron chi connectivity index (χ0n) is 19.4. The first-order chi connectivity index (χ1) is 15.0. The minimum Gasteiger partial charge on any atom is -0.380 e. The Morgan fingerprint density at radius 3 is 2.71 bits per heavy atom. The molecule has 2 aromatic rings. The van der Waals surface area contributed by atoms with E-state index in [-0.39, 0.29) is 0 Å². The molecule has 1 saturated heterocycles. The van der Waals surface area contributed by atoms with Gasteiger partial charge in [0, 0.05) is 37.2 Å². The number of nitrogens with two attached hydrogens (primary N) is 2. The number of carbonyl (C=O) groups excluding carboxylic acids is 1. The highest BCUT2D eigenvalue weighted by Crippen LogP contribution is 2.29. The second-order valence-electron chi connectivity index (χ2n) is 7.37. The number of carbonyl (C=O) groups is 1. The minimum atomic E-state index is -0.473. The molecule has 0 saturated carbocycles. The number of ether oxygens (including phenoxy) is 1. The van der Waals surface area contributed by atoms with E-state index in [0.717, 1.165) is 54.7 Å². The largest absolute Gasteiger partial charge is 0.380 e. The van der Waals surface area contributed by atoms with Crippen LogP contribution in [-0.2, 0) is 4.74 Å². The van der Waals surface area contributed by atoms with Crippen molar-refractivity contribution in [3.63, 3.8) is 0 Å². The SMILES string of the molecule is C#CC(C)CCCCCN.CC.COC1CCN(c2ccc3c(C(N)=O)nsc3c2)C1. The number of hydrogen-bond donors (Lipinski definition) is 2. The van der Waals surface area contributed by atoms with Crippen LogP contribution in [-0.4, -0.2) is 43.1 Å². The lowest BCUT2D eigenvalue weighted by Gasteiger charge is -2.18. The van der Waals surface area contributed by atoms with Gasteiger partial charge in [-0.15, -0.1) is 12.3 Å². The van der Waals surface area contributed by atoms with E-state index in [1.165, 1.54) is 24.4 Å². The van der Waals surface area contributed by atoms with E-state index in [1.807, 2.05) is 26.0 Å². The maximum atomic E-state index is 11.2. The van der Waals surface area contributed by atoms with Crippen molar-refractivity contribution in [2.75, 3.05) is 31.6 Å². The van der Waals surface area contributed by atoms with Crippen molar-refractivity contribution in [1.29, 1.82) is 0 Å². The van der Waals surface area contributed by atoms with Crippen LogP contribution in [0, 0.1) is 18.3 Å². The Kier molecular flexibility index (Phi) is 12.8. The van der Waals surface area contributed by atoms with Crippen molar-refractivity contribution >= 4 is 33.2 Å². The molecule has 2 heterocycles. The van der Waals surface area contributed by atoms with Gasteiger partial charge in [0.15, 0.2) is 0 Å². The van der Waals surface area contributed by atoms with Crippen molar-refractivity contribution in [2.45, 2.75) is 59.0 Å². The number of fused-ring (bicyclic) bond motifs is 1. The first-order valence-electron chi connectivity index (χ1n) is 11.1. The number of methoxy groups -OCH3 is 1. The fourth-order valence-electron chi connectivity index (χ4n) is 3.31. The summed E-state index contributed by atoms with van der Waals surface area (Å²) in [6.07, 6.45) is 11.3. The van der Waals surface area contributed by atoms with Crippen LogP contribution in [0.25, 0.3) is 10.1 Å². The van der Waals surface area contributed by atoms with Crippen LogP contribution in [0.3, 0.4) is 0 Å². The number of aromatic nitrogens is 1. The molecule has 1 amide bonds. The summed E-state index contributed by atoms with van der Waals surface area (Å²) in [6.45, 7) is 8.79. The number of primary amides is 1. The molecule has 0 spiro atoms. The second-order valence-corrected chi connectivity index (χ2v) is 8.18. The molecule has 0 bridgehead atoms. The lowest BCUT2D eigenvalue weighted by Crippen LogP contribution is -2.21. The third kappa shape index (κ3) is 8.48. The summed E-state index contributed by atoms with van der Waals surface area (Å²) in [5, 5.41) is 0.837. The van der Waals surface area contributed by atoms with Crippen molar-refractivity contribution in [3.8, 4) is 12.3 Å². The van der Waals surface area contributed by atoms with Gasteiger partial charge in [0.2, 0.25) is 0 Å². The van der Waals surface area contributed by atoms with Crippen molar-refractivity contribution < 1.29 is 9.53 Å². The van der Waals surface area contributed by atoms with Crippen molar-refractivity contribution in [3.05, 3.63) is 23.9 Å². The molecule has 6 nitrogen and oxygen atoms in total. The van der Waals surface area contributed by atoms with Gasteiger partial charge in [0.05, 0.1) is 10.8 Å². The summed E-state index contributed by atoms with van der Waals surface area (Å²) in [7, 11) is 1.75. The Balaban J connectivity index is 0.000000343. The third-order valence-electron chi connectivity index (χ3n) is 5.16. The zero-order chi connectivity index (χ0) is 23.2. The summed E-state index contributed by atoms with van der Waals surface area (Å²) in [5.41, 5.74) is 12.1. The van der Waals surface area contributed by atoms with Gasteiger partial charge in [-0.25, -0.2) is 0 Å².